The molecule has 112 valence electrons. The van der Waals surface area contributed by atoms with Gasteiger partial charge in [0, 0.05) is 46.2 Å². The molecule has 2 rings (SSSR count). The Morgan fingerprint density at radius 2 is 2.20 bits per heavy atom. The Bertz CT molecular complexity index is 395. The zero-order chi connectivity index (χ0) is 14.4. The van der Waals surface area contributed by atoms with E-state index in [4.69, 9.17) is 4.42 Å². The lowest BCUT2D eigenvalue weighted by atomic mass is 10.0. The molecule has 1 fully saturated rings. The Hall–Kier alpha value is -1.33. The van der Waals surface area contributed by atoms with Crippen LogP contribution in [-0.4, -0.2) is 62.0 Å². The van der Waals surface area contributed by atoms with Crippen LogP contribution in [0.4, 0.5) is 0 Å². The van der Waals surface area contributed by atoms with Crippen molar-refractivity contribution in [1.29, 1.82) is 0 Å². The maximum absolute atomic E-state index is 11.7. The first-order chi connectivity index (χ1) is 9.65. The second kappa shape index (κ2) is 7.45. The van der Waals surface area contributed by atoms with E-state index in [1.54, 1.807) is 11.2 Å². The molecule has 5 heteroatoms. The molecule has 2 heterocycles. The van der Waals surface area contributed by atoms with Crippen LogP contribution < -0.4 is 5.32 Å². The second-order valence-electron chi connectivity index (χ2n) is 5.62. The molecule has 1 aromatic rings. The highest BCUT2D eigenvalue weighted by molar-refractivity contribution is 5.77. The molecule has 0 saturated carbocycles. The second-order valence-corrected chi connectivity index (χ2v) is 5.62. The number of amides is 1. The molecule has 0 radical (unpaired) electrons. The van der Waals surface area contributed by atoms with Crippen molar-refractivity contribution >= 4 is 5.91 Å². The largest absolute Gasteiger partial charge is 0.469 e. The lowest BCUT2D eigenvalue weighted by Crippen LogP contribution is -2.46. The van der Waals surface area contributed by atoms with Gasteiger partial charge in [0.1, 0.15) is 5.76 Å². The van der Waals surface area contributed by atoms with Crippen LogP contribution in [0, 0.1) is 0 Å². The van der Waals surface area contributed by atoms with Gasteiger partial charge in [0.05, 0.1) is 12.8 Å². The first-order valence-corrected chi connectivity index (χ1v) is 7.33. The molecule has 1 aromatic heterocycles. The van der Waals surface area contributed by atoms with Crippen molar-refractivity contribution in [2.45, 2.75) is 25.3 Å². The maximum atomic E-state index is 11.7. The van der Waals surface area contributed by atoms with Crippen molar-refractivity contribution in [3.8, 4) is 0 Å². The summed E-state index contributed by atoms with van der Waals surface area (Å²) in [7, 11) is 3.62. The minimum Gasteiger partial charge on any atom is -0.469 e. The summed E-state index contributed by atoms with van der Waals surface area (Å²) in [6, 6.07) is 4.50. The Morgan fingerprint density at radius 1 is 1.45 bits per heavy atom. The van der Waals surface area contributed by atoms with Gasteiger partial charge in [-0.15, -0.1) is 0 Å². The molecule has 1 amide bonds. The molecule has 0 spiro atoms. The number of likely N-dealkylation sites (tertiary alicyclic amines) is 1. The summed E-state index contributed by atoms with van der Waals surface area (Å²) >= 11 is 0. The van der Waals surface area contributed by atoms with E-state index < -0.39 is 0 Å². The van der Waals surface area contributed by atoms with Gasteiger partial charge in [-0.25, -0.2) is 0 Å². The van der Waals surface area contributed by atoms with Crippen LogP contribution in [0.15, 0.2) is 22.8 Å². The lowest BCUT2D eigenvalue weighted by molar-refractivity contribution is -0.130. The average Bonchev–Trinajstić information content (AvgIpc) is 2.94. The van der Waals surface area contributed by atoms with Gasteiger partial charge in [0.2, 0.25) is 5.91 Å². The number of piperidine rings is 1. The molecular formula is C15H25N3O2. The summed E-state index contributed by atoms with van der Waals surface area (Å²) in [6.07, 6.45) is 4.87. The number of likely N-dealkylation sites (N-methyl/N-ethyl adjacent to an activating group) is 1. The summed E-state index contributed by atoms with van der Waals surface area (Å²) < 4.78 is 5.32. The van der Waals surface area contributed by atoms with E-state index in [-0.39, 0.29) is 5.91 Å². The van der Waals surface area contributed by atoms with Gasteiger partial charge in [-0.1, -0.05) is 0 Å². The fourth-order valence-corrected chi connectivity index (χ4v) is 2.48. The third-order valence-corrected chi connectivity index (χ3v) is 3.83. The van der Waals surface area contributed by atoms with Gasteiger partial charge >= 0.3 is 0 Å². The highest BCUT2D eigenvalue weighted by atomic mass is 16.3. The van der Waals surface area contributed by atoms with Crippen molar-refractivity contribution in [3.05, 3.63) is 24.2 Å². The Balaban J connectivity index is 1.60. The lowest BCUT2D eigenvalue weighted by Gasteiger charge is -2.32. The third kappa shape index (κ3) is 4.65. The SMILES string of the molecule is CN(C)C(=O)CN1CCC(NCCc2ccco2)CC1. The standard InChI is InChI=1S/C15H25N3O2/c1-17(2)15(19)12-18-9-6-13(7-10-18)16-8-5-14-4-3-11-20-14/h3-4,11,13,16H,5-10,12H2,1-2H3. The number of hydrogen-bond donors (Lipinski definition) is 1. The number of hydrogen-bond acceptors (Lipinski definition) is 4. The molecule has 20 heavy (non-hydrogen) atoms. The highest BCUT2D eigenvalue weighted by Gasteiger charge is 2.20. The first-order valence-electron chi connectivity index (χ1n) is 7.33. The number of nitrogens with one attached hydrogen (secondary N) is 1. The minimum absolute atomic E-state index is 0.189. The van der Waals surface area contributed by atoms with E-state index in [2.05, 4.69) is 10.2 Å². The predicted molar refractivity (Wildman–Crippen MR) is 78.6 cm³/mol. The van der Waals surface area contributed by atoms with E-state index in [0.29, 0.717) is 12.6 Å². The van der Waals surface area contributed by atoms with E-state index in [1.165, 1.54) is 0 Å². The summed E-state index contributed by atoms with van der Waals surface area (Å²) in [5, 5.41) is 3.57. The van der Waals surface area contributed by atoms with Gasteiger partial charge in [-0.2, -0.15) is 0 Å². The van der Waals surface area contributed by atoms with Crippen molar-refractivity contribution in [3.63, 3.8) is 0 Å². The van der Waals surface area contributed by atoms with Gasteiger partial charge in [-0.3, -0.25) is 9.69 Å². The van der Waals surface area contributed by atoms with Crippen LogP contribution >= 0.6 is 0 Å². The fourth-order valence-electron chi connectivity index (χ4n) is 2.48. The molecule has 1 N–H and O–H groups in total. The van der Waals surface area contributed by atoms with Crippen LogP contribution in [0.2, 0.25) is 0 Å². The number of nitrogens with zero attached hydrogens (tertiary/aromatic N) is 2. The van der Waals surface area contributed by atoms with Gasteiger partial charge in [-0.05, 0) is 25.0 Å². The van der Waals surface area contributed by atoms with Crippen molar-refractivity contribution in [2.75, 3.05) is 40.3 Å². The summed E-state index contributed by atoms with van der Waals surface area (Å²) in [5.74, 6) is 1.22. The predicted octanol–water partition coefficient (Wildman–Crippen LogP) is 0.964. The number of carbonyl (C=O) groups is 1. The molecule has 0 aliphatic carbocycles. The average molecular weight is 279 g/mol. The Labute approximate surface area is 120 Å². The zero-order valence-electron chi connectivity index (χ0n) is 12.5. The first kappa shape index (κ1) is 15.1. The minimum atomic E-state index is 0.189. The zero-order valence-corrected chi connectivity index (χ0v) is 12.5. The summed E-state index contributed by atoms with van der Waals surface area (Å²) in [4.78, 5) is 15.6. The quantitative estimate of drug-likeness (QED) is 0.843. The Kier molecular flexibility index (Phi) is 5.61. The van der Waals surface area contributed by atoms with E-state index in [0.717, 1.165) is 44.7 Å². The summed E-state index contributed by atoms with van der Waals surface area (Å²) in [5.41, 5.74) is 0. The van der Waals surface area contributed by atoms with E-state index in [1.807, 2.05) is 26.2 Å². The smallest absolute Gasteiger partial charge is 0.236 e. The van der Waals surface area contributed by atoms with Gasteiger partial charge < -0.3 is 14.6 Å². The molecule has 0 unspecified atom stereocenters. The monoisotopic (exact) mass is 279 g/mol. The molecule has 1 saturated heterocycles. The van der Waals surface area contributed by atoms with Gasteiger partial charge in [0.15, 0.2) is 0 Å². The molecule has 1 aliphatic rings. The van der Waals surface area contributed by atoms with Crippen LogP contribution in [0.5, 0.6) is 0 Å². The normalized spacial score (nSPS) is 17.3. The topological polar surface area (TPSA) is 48.7 Å². The van der Waals surface area contributed by atoms with Crippen LogP contribution in [0.3, 0.4) is 0 Å². The summed E-state index contributed by atoms with van der Waals surface area (Å²) in [6.45, 7) is 3.50. The molecule has 5 nitrogen and oxygen atoms in total. The van der Waals surface area contributed by atoms with Crippen LogP contribution in [0.1, 0.15) is 18.6 Å². The molecule has 1 aliphatic heterocycles. The molecule has 0 atom stereocenters. The van der Waals surface area contributed by atoms with E-state index in [9.17, 15) is 4.79 Å². The highest BCUT2D eigenvalue weighted by Crippen LogP contribution is 2.10. The molecule has 0 bridgehead atoms. The Morgan fingerprint density at radius 3 is 2.80 bits per heavy atom. The van der Waals surface area contributed by atoms with Crippen LogP contribution in [-0.2, 0) is 11.2 Å². The fraction of sp³-hybridized carbons (Fsp3) is 0.667. The third-order valence-electron chi connectivity index (χ3n) is 3.83. The number of furan rings is 1. The molecule has 0 aromatic carbocycles. The van der Waals surface area contributed by atoms with E-state index >= 15 is 0 Å². The maximum Gasteiger partial charge on any atom is 0.236 e. The molecular weight excluding hydrogens is 254 g/mol. The van der Waals surface area contributed by atoms with Crippen molar-refractivity contribution in [1.82, 2.24) is 15.1 Å². The number of carbonyl (C=O) groups excluding carboxylic acids is 1. The van der Waals surface area contributed by atoms with Crippen LogP contribution in [0.25, 0.3) is 0 Å². The van der Waals surface area contributed by atoms with Crippen molar-refractivity contribution < 1.29 is 9.21 Å². The number of rotatable bonds is 6. The van der Waals surface area contributed by atoms with Gasteiger partial charge in [0.25, 0.3) is 0 Å². The van der Waals surface area contributed by atoms with Crippen molar-refractivity contribution in [2.24, 2.45) is 0 Å².